The second-order valence-electron chi connectivity index (χ2n) is 5.12. The van der Waals surface area contributed by atoms with Crippen LogP contribution in [0.4, 0.5) is 0 Å². The van der Waals surface area contributed by atoms with Gasteiger partial charge in [0.1, 0.15) is 0 Å². The molecule has 0 bridgehead atoms. The maximum Gasteiger partial charge on any atom is 0.191 e. The molecular weight excluding hydrogens is 371 g/mol. The highest BCUT2D eigenvalue weighted by Gasteiger charge is 2.17. The Morgan fingerprint density at radius 3 is 2.26 bits per heavy atom. The molecule has 0 saturated carbocycles. The number of hydrogen-bond donors (Lipinski definition) is 2. The summed E-state index contributed by atoms with van der Waals surface area (Å²) in [5.74, 6) is 0.852. The van der Waals surface area contributed by atoms with Crippen molar-refractivity contribution in [3.05, 3.63) is 16.1 Å². The van der Waals surface area contributed by atoms with Crippen LogP contribution >= 0.6 is 35.3 Å². The van der Waals surface area contributed by atoms with E-state index in [2.05, 4.69) is 60.6 Å². The first-order chi connectivity index (χ1) is 8.47. The summed E-state index contributed by atoms with van der Waals surface area (Å²) in [7, 11) is 0. The van der Waals surface area contributed by atoms with Crippen molar-refractivity contribution in [2.45, 2.75) is 46.6 Å². The highest BCUT2D eigenvalue weighted by molar-refractivity contribution is 14.0. The molecule has 0 fully saturated rings. The van der Waals surface area contributed by atoms with Crippen LogP contribution in [0.25, 0.3) is 0 Å². The van der Waals surface area contributed by atoms with Gasteiger partial charge in [0, 0.05) is 23.9 Å². The van der Waals surface area contributed by atoms with Crippen LogP contribution in [-0.2, 0) is 12.0 Å². The van der Waals surface area contributed by atoms with Gasteiger partial charge < -0.3 is 10.6 Å². The Morgan fingerprint density at radius 1 is 1.26 bits per heavy atom. The fraction of sp³-hybridized carbons (Fsp3) is 0.692. The summed E-state index contributed by atoms with van der Waals surface area (Å²) < 4.78 is 0. The van der Waals surface area contributed by atoms with Crippen molar-refractivity contribution in [3.8, 4) is 0 Å². The number of guanidine groups is 1. The van der Waals surface area contributed by atoms with Crippen LogP contribution in [-0.4, -0.2) is 24.0 Å². The normalized spacial score (nSPS) is 10.6. The van der Waals surface area contributed by atoms with Gasteiger partial charge in [-0.15, -0.1) is 35.3 Å². The molecule has 0 amide bonds. The molecule has 0 saturated heterocycles. The van der Waals surface area contributed by atoms with Crippen LogP contribution in [0.15, 0.2) is 10.4 Å². The fourth-order valence-electron chi connectivity index (χ4n) is 1.39. The van der Waals surface area contributed by atoms with Crippen molar-refractivity contribution in [1.82, 2.24) is 15.6 Å². The molecule has 4 nitrogen and oxygen atoms in total. The zero-order chi connectivity index (χ0) is 13.6. The molecule has 1 aromatic heterocycles. The summed E-state index contributed by atoms with van der Waals surface area (Å²) in [5, 5.41) is 9.68. The van der Waals surface area contributed by atoms with Crippen LogP contribution in [0.5, 0.6) is 0 Å². The summed E-state index contributed by atoms with van der Waals surface area (Å²) in [6.07, 6.45) is 0. The molecule has 110 valence electrons. The molecule has 1 heterocycles. The Morgan fingerprint density at radius 2 is 1.84 bits per heavy atom. The van der Waals surface area contributed by atoms with Gasteiger partial charge in [-0.1, -0.05) is 20.8 Å². The lowest BCUT2D eigenvalue weighted by atomic mass is 9.98. The Balaban J connectivity index is 0.00000324. The smallest absolute Gasteiger partial charge is 0.191 e. The predicted molar refractivity (Wildman–Crippen MR) is 94.7 cm³/mol. The number of aliphatic imine (C=N–C) groups is 1. The first-order valence-corrected chi connectivity index (χ1v) is 7.32. The summed E-state index contributed by atoms with van der Waals surface area (Å²) >= 11 is 1.71. The molecule has 2 N–H and O–H groups in total. The average molecular weight is 396 g/mol. The Hall–Kier alpha value is -0.370. The quantitative estimate of drug-likeness (QED) is 0.467. The lowest BCUT2D eigenvalue weighted by Gasteiger charge is -2.13. The van der Waals surface area contributed by atoms with Crippen molar-refractivity contribution in [3.63, 3.8) is 0 Å². The third kappa shape index (κ3) is 6.56. The fourth-order valence-corrected chi connectivity index (χ4v) is 2.29. The third-order valence-electron chi connectivity index (χ3n) is 2.28. The largest absolute Gasteiger partial charge is 0.357 e. The van der Waals surface area contributed by atoms with Crippen LogP contribution in [0.2, 0.25) is 0 Å². The van der Waals surface area contributed by atoms with E-state index in [-0.39, 0.29) is 29.4 Å². The minimum absolute atomic E-state index is 0. The standard InChI is InChI=1S/C13H24N4S.HI/c1-6-14-12(15-7-2)16-8-10-9-18-11(17-10)13(3,4)5;/h9H,6-8H2,1-5H3,(H2,14,15,16);1H. The lowest BCUT2D eigenvalue weighted by Crippen LogP contribution is -2.36. The average Bonchev–Trinajstić information content (AvgIpc) is 2.75. The molecule has 19 heavy (non-hydrogen) atoms. The molecule has 1 rings (SSSR count). The summed E-state index contributed by atoms with van der Waals surface area (Å²) in [6, 6.07) is 0. The van der Waals surface area contributed by atoms with Gasteiger partial charge in [0.25, 0.3) is 0 Å². The van der Waals surface area contributed by atoms with Crippen molar-refractivity contribution < 1.29 is 0 Å². The number of nitrogens with zero attached hydrogens (tertiary/aromatic N) is 2. The molecule has 0 aromatic carbocycles. The maximum atomic E-state index is 4.63. The van der Waals surface area contributed by atoms with Gasteiger partial charge in [0.2, 0.25) is 0 Å². The molecule has 0 unspecified atom stereocenters. The number of hydrogen-bond acceptors (Lipinski definition) is 3. The number of nitrogens with one attached hydrogen (secondary N) is 2. The van der Waals surface area contributed by atoms with E-state index in [0.29, 0.717) is 6.54 Å². The van der Waals surface area contributed by atoms with Gasteiger partial charge in [-0.05, 0) is 13.8 Å². The minimum atomic E-state index is 0. The number of halogens is 1. The first kappa shape index (κ1) is 18.6. The van der Waals surface area contributed by atoms with Gasteiger partial charge in [0.05, 0.1) is 17.2 Å². The lowest BCUT2D eigenvalue weighted by molar-refractivity contribution is 0.583. The van der Waals surface area contributed by atoms with Gasteiger partial charge >= 0.3 is 0 Å². The minimum Gasteiger partial charge on any atom is -0.357 e. The Labute approximate surface area is 137 Å². The summed E-state index contributed by atoms with van der Waals surface area (Å²) in [5.41, 5.74) is 1.16. The second kappa shape index (κ2) is 8.73. The van der Waals surface area contributed by atoms with E-state index in [1.165, 1.54) is 5.01 Å². The van der Waals surface area contributed by atoms with E-state index in [1.54, 1.807) is 11.3 Å². The van der Waals surface area contributed by atoms with Crippen molar-refractivity contribution in [2.24, 2.45) is 4.99 Å². The highest BCUT2D eigenvalue weighted by atomic mass is 127. The number of aromatic nitrogens is 1. The maximum absolute atomic E-state index is 4.63. The highest BCUT2D eigenvalue weighted by Crippen LogP contribution is 2.25. The monoisotopic (exact) mass is 396 g/mol. The van der Waals surface area contributed by atoms with Crippen molar-refractivity contribution in [1.29, 1.82) is 0 Å². The molecule has 0 aliphatic rings. The van der Waals surface area contributed by atoms with E-state index >= 15 is 0 Å². The topological polar surface area (TPSA) is 49.3 Å². The molecular formula is C13H25IN4S. The van der Waals surface area contributed by atoms with E-state index in [1.807, 2.05) is 0 Å². The second-order valence-corrected chi connectivity index (χ2v) is 5.98. The first-order valence-electron chi connectivity index (χ1n) is 6.44. The molecule has 0 radical (unpaired) electrons. The molecule has 0 atom stereocenters. The predicted octanol–water partition coefficient (Wildman–Crippen LogP) is 3.13. The van der Waals surface area contributed by atoms with Gasteiger partial charge in [-0.3, -0.25) is 0 Å². The van der Waals surface area contributed by atoms with E-state index in [0.717, 1.165) is 24.7 Å². The van der Waals surface area contributed by atoms with Gasteiger partial charge in [0.15, 0.2) is 5.96 Å². The van der Waals surface area contributed by atoms with Crippen molar-refractivity contribution in [2.75, 3.05) is 13.1 Å². The number of rotatable bonds is 4. The van der Waals surface area contributed by atoms with Crippen LogP contribution in [0, 0.1) is 0 Å². The zero-order valence-corrected chi connectivity index (χ0v) is 15.6. The van der Waals surface area contributed by atoms with Crippen LogP contribution in [0.3, 0.4) is 0 Å². The third-order valence-corrected chi connectivity index (χ3v) is 3.60. The molecule has 1 aromatic rings. The molecule has 6 heteroatoms. The van der Waals surface area contributed by atoms with E-state index in [9.17, 15) is 0 Å². The SMILES string of the molecule is CCNC(=NCc1csc(C(C)(C)C)n1)NCC.I. The van der Waals surface area contributed by atoms with Gasteiger partial charge in [-0.25, -0.2) is 9.98 Å². The van der Waals surface area contributed by atoms with Crippen molar-refractivity contribution >= 4 is 41.3 Å². The Kier molecular flexibility index (Phi) is 8.56. The van der Waals surface area contributed by atoms with Gasteiger partial charge in [-0.2, -0.15) is 0 Å². The molecule has 0 aliphatic heterocycles. The summed E-state index contributed by atoms with van der Waals surface area (Å²) in [4.78, 5) is 9.14. The molecule has 0 spiro atoms. The zero-order valence-electron chi connectivity index (χ0n) is 12.4. The van der Waals surface area contributed by atoms with Crippen LogP contribution < -0.4 is 10.6 Å². The Bertz CT molecular complexity index is 388. The summed E-state index contributed by atoms with van der Waals surface area (Å²) in [6.45, 7) is 13.0. The molecule has 0 aliphatic carbocycles. The van der Waals surface area contributed by atoms with E-state index < -0.39 is 0 Å². The van der Waals surface area contributed by atoms with Crippen LogP contribution in [0.1, 0.15) is 45.3 Å². The number of thiazole rings is 1. The van der Waals surface area contributed by atoms with E-state index in [4.69, 9.17) is 0 Å².